The number of anilines is 1. The fourth-order valence-electron chi connectivity index (χ4n) is 4.17. The van der Waals surface area contributed by atoms with Crippen molar-refractivity contribution in [1.82, 2.24) is 20.4 Å². The summed E-state index contributed by atoms with van der Waals surface area (Å²) in [6.07, 6.45) is 3.40. The van der Waals surface area contributed by atoms with Crippen LogP contribution in [0.25, 0.3) is 11.4 Å². The lowest BCUT2D eigenvalue weighted by molar-refractivity contribution is 0.174. The van der Waals surface area contributed by atoms with Gasteiger partial charge >= 0.3 is 0 Å². The van der Waals surface area contributed by atoms with Crippen LogP contribution in [0, 0.1) is 0 Å². The van der Waals surface area contributed by atoms with Crippen LogP contribution >= 0.6 is 0 Å². The van der Waals surface area contributed by atoms with Crippen LogP contribution in [-0.2, 0) is 23.1 Å². The van der Waals surface area contributed by atoms with E-state index >= 15 is 0 Å². The summed E-state index contributed by atoms with van der Waals surface area (Å²) in [5, 5.41) is 17.4. The van der Waals surface area contributed by atoms with Gasteiger partial charge in [0, 0.05) is 41.8 Å². The van der Waals surface area contributed by atoms with E-state index in [2.05, 4.69) is 25.2 Å². The minimum atomic E-state index is -3.81. The molecule has 0 bridgehead atoms. The van der Waals surface area contributed by atoms with Gasteiger partial charge in [-0.3, -0.25) is 9.71 Å². The molecule has 0 radical (unpaired) electrons. The first-order valence-electron chi connectivity index (χ1n) is 13.5. The van der Waals surface area contributed by atoms with Gasteiger partial charge in [-0.05, 0) is 73.1 Å². The Labute approximate surface area is 249 Å². The zero-order valence-electron chi connectivity index (χ0n) is 23.4. The summed E-state index contributed by atoms with van der Waals surface area (Å²) in [4.78, 5) is 8.45. The first-order chi connectivity index (χ1) is 20.9. The maximum Gasteiger partial charge on any atom is 0.264 e. The molecule has 1 unspecified atom stereocenters. The number of rotatable bonds is 14. The highest BCUT2D eigenvalue weighted by Crippen LogP contribution is 2.23. The Morgan fingerprint density at radius 2 is 1.77 bits per heavy atom. The lowest BCUT2D eigenvalue weighted by atomic mass is 10.1. The quantitative estimate of drug-likeness (QED) is 0.157. The molecule has 5 aromatic rings. The number of hydrogen-bond donors (Lipinski definition) is 3. The Balaban J connectivity index is 1.11. The van der Waals surface area contributed by atoms with Gasteiger partial charge in [0.05, 0.1) is 18.1 Å². The SMILES string of the molecule is COc1cccc(OCc2nc(-c3ccc(S(=O)(=O)Nc4ccc(CCNCC(O)c5cccnc5)cc4)cc3)no2)c1. The molecule has 0 amide bonds. The minimum Gasteiger partial charge on any atom is -0.497 e. The molecule has 1 atom stereocenters. The highest BCUT2D eigenvalue weighted by atomic mass is 32.2. The van der Waals surface area contributed by atoms with Crippen LogP contribution < -0.4 is 19.5 Å². The van der Waals surface area contributed by atoms with E-state index in [1.54, 1.807) is 62.0 Å². The normalized spacial score (nSPS) is 12.0. The molecule has 5 rings (SSSR count). The van der Waals surface area contributed by atoms with Crippen molar-refractivity contribution in [2.75, 3.05) is 24.9 Å². The van der Waals surface area contributed by atoms with Gasteiger partial charge in [-0.1, -0.05) is 29.4 Å². The number of nitrogens with one attached hydrogen (secondary N) is 2. The van der Waals surface area contributed by atoms with E-state index in [9.17, 15) is 13.5 Å². The summed E-state index contributed by atoms with van der Waals surface area (Å²) in [6.45, 7) is 1.14. The second-order valence-corrected chi connectivity index (χ2v) is 11.2. The summed E-state index contributed by atoms with van der Waals surface area (Å²) >= 11 is 0. The van der Waals surface area contributed by atoms with E-state index in [4.69, 9.17) is 14.0 Å². The molecular weight excluding hydrogens is 570 g/mol. The minimum absolute atomic E-state index is 0.0706. The molecule has 43 heavy (non-hydrogen) atoms. The molecule has 0 saturated heterocycles. The first-order valence-corrected chi connectivity index (χ1v) is 15.0. The van der Waals surface area contributed by atoms with Crippen LogP contribution in [0.2, 0.25) is 0 Å². The number of hydrogen-bond acceptors (Lipinski definition) is 10. The third kappa shape index (κ3) is 8.16. The van der Waals surface area contributed by atoms with E-state index in [1.165, 1.54) is 12.1 Å². The first kappa shape index (κ1) is 29.7. The maximum absolute atomic E-state index is 13.0. The van der Waals surface area contributed by atoms with Crippen molar-refractivity contribution < 1.29 is 27.5 Å². The number of pyridine rings is 1. The van der Waals surface area contributed by atoms with Crippen molar-refractivity contribution in [3.63, 3.8) is 0 Å². The Morgan fingerprint density at radius 3 is 2.51 bits per heavy atom. The molecule has 3 N–H and O–H groups in total. The summed E-state index contributed by atoms with van der Waals surface area (Å²) < 4.78 is 44.7. The van der Waals surface area contributed by atoms with Crippen molar-refractivity contribution in [2.45, 2.75) is 24.0 Å². The fraction of sp³-hybridized carbons (Fsp3) is 0.194. The number of aromatic nitrogens is 3. The van der Waals surface area contributed by atoms with Crippen LogP contribution in [0.4, 0.5) is 5.69 Å². The molecule has 2 heterocycles. The maximum atomic E-state index is 13.0. The zero-order chi connectivity index (χ0) is 30.1. The Bertz CT molecular complexity index is 1710. The number of nitrogens with zero attached hydrogens (tertiary/aromatic N) is 3. The number of aliphatic hydroxyl groups is 1. The third-order valence-corrected chi connectivity index (χ3v) is 7.90. The van der Waals surface area contributed by atoms with Gasteiger partial charge in [0.1, 0.15) is 11.5 Å². The number of methoxy groups -OCH3 is 1. The van der Waals surface area contributed by atoms with Gasteiger partial charge in [0.25, 0.3) is 15.9 Å². The number of benzene rings is 3. The molecule has 0 fully saturated rings. The largest absolute Gasteiger partial charge is 0.497 e. The smallest absolute Gasteiger partial charge is 0.264 e. The van der Waals surface area contributed by atoms with Crippen molar-refractivity contribution in [3.8, 4) is 22.9 Å². The molecule has 0 spiro atoms. The van der Waals surface area contributed by atoms with Crippen molar-refractivity contribution in [2.24, 2.45) is 0 Å². The fourth-order valence-corrected chi connectivity index (χ4v) is 5.22. The van der Waals surface area contributed by atoms with Gasteiger partial charge in [0.15, 0.2) is 6.61 Å². The molecule has 2 aromatic heterocycles. The van der Waals surface area contributed by atoms with E-state index in [-0.39, 0.29) is 17.4 Å². The molecular formula is C31H31N5O6S. The summed E-state index contributed by atoms with van der Waals surface area (Å²) in [5.41, 5.74) is 2.84. The predicted octanol–water partition coefficient (Wildman–Crippen LogP) is 4.39. The topological polar surface area (TPSA) is 149 Å². The van der Waals surface area contributed by atoms with Crippen molar-refractivity contribution >= 4 is 15.7 Å². The summed E-state index contributed by atoms with van der Waals surface area (Å²) in [6, 6.07) is 24.2. The van der Waals surface area contributed by atoms with Crippen LogP contribution in [0.15, 0.2) is 107 Å². The molecule has 0 saturated carbocycles. The van der Waals surface area contributed by atoms with E-state index in [0.717, 1.165) is 17.5 Å². The summed E-state index contributed by atoms with van der Waals surface area (Å²) in [5.74, 6) is 1.86. The molecule has 0 aliphatic carbocycles. The Hall–Kier alpha value is -4.78. The van der Waals surface area contributed by atoms with E-state index < -0.39 is 16.1 Å². The lowest BCUT2D eigenvalue weighted by Crippen LogP contribution is -2.23. The predicted molar refractivity (Wildman–Crippen MR) is 160 cm³/mol. The molecule has 12 heteroatoms. The van der Waals surface area contributed by atoms with Crippen molar-refractivity contribution in [1.29, 1.82) is 0 Å². The van der Waals surface area contributed by atoms with Crippen LogP contribution in [0.3, 0.4) is 0 Å². The lowest BCUT2D eigenvalue weighted by Gasteiger charge is -2.12. The molecule has 3 aromatic carbocycles. The Kier molecular flexibility index (Phi) is 9.62. The average molecular weight is 602 g/mol. The standard InChI is InChI=1S/C31H31N5O6S/c1-40-26-5-2-6-27(18-26)41-21-30-34-31(35-42-30)23-9-13-28(14-10-23)43(38,39)36-25-11-7-22(8-12-25)15-17-33-20-29(37)24-4-3-16-32-19-24/h2-14,16,18-19,29,33,36-37H,15,17,20-21H2,1H3. The second kappa shape index (κ2) is 13.9. The number of ether oxygens (including phenoxy) is 2. The van der Waals surface area contributed by atoms with Crippen LogP contribution in [0.1, 0.15) is 23.1 Å². The average Bonchev–Trinajstić information content (AvgIpc) is 3.52. The van der Waals surface area contributed by atoms with Gasteiger partial charge in [-0.2, -0.15) is 4.98 Å². The van der Waals surface area contributed by atoms with Crippen molar-refractivity contribution in [3.05, 3.63) is 114 Å². The highest BCUT2D eigenvalue weighted by molar-refractivity contribution is 7.92. The van der Waals surface area contributed by atoms with Gasteiger partial charge in [0.2, 0.25) is 5.82 Å². The van der Waals surface area contributed by atoms with Crippen LogP contribution in [0.5, 0.6) is 11.5 Å². The molecule has 222 valence electrons. The zero-order valence-corrected chi connectivity index (χ0v) is 24.2. The highest BCUT2D eigenvalue weighted by Gasteiger charge is 2.16. The summed E-state index contributed by atoms with van der Waals surface area (Å²) in [7, 11) is -2.23. The Morgan fingerprint density at radius 1 is 0.977 bits per heavy atom. The van der Waals surface area contributed by atoms with Crippen LogP contribution in [-0.4, -0.2) is 48.8 Å². The van der Waals surface area contributed by atoms with Gasteiger partial charge in [-0.15, -0.1) is 0 Å². The van der Waals surface area contributed by atoms with E-state index in [0.29, 0.717) is 41.7 Å². The molecule has 11 nitrogen and oxygen atoms in total. The third-order valence-electron chi connectivity index (χ3n) is 6.50. The second-order valence-electron chi connectivity index (χ2n) is 9.56. The van der Waals surface area contributed by atoms with Gasteiger partial charge < -0.3 is 24.4 Å². The number of sulfonamides is 1. The molecule has 0 aliphatic rings. The van der Waals surface area contributed by atoms with Gasteiger partial charge in [-0.25, -0.2) is 8.42 Å². The van der Waals surface area contributed by atoms with E-state index in [1.807, 2.05) is 30.3 Å². The number of aliphatic hydroxyl groups excluding tert-OH is 1. The monoisotopic (exact) mass is 601 g/mol. The molecule has 0 aliphatic heterocycles.